The number of amides is 2. The van der Waals surface area contributed by atoms with Crippen LogP contribution in [0, 0.1) is 5.92 Å². The van der Waals surface area contributed by atoms with Crippen molar-refractivity contribution in [2.24, 2.45) is 5.92 Å². The summed E-state index contributed by atoms with van der Waals surface area (Å²) in [7, 11) is -4.19. The van der Waals surface area contributed by atoms with Gasteiger partial charge in [0.15, 0.2) is 0 Å². The second-order valence-corrected chi connectivity index (χ2v) is 17.9. The Morgan fingerprint density at radius 3 is 2.58 bits per heavy atom. The number of rotatable bonds is 1. The van der Waals surface area contributed by atoms with Crippen LogP contribution in [0.15, 0.2) is 48.3 Å². The number of halogens is 4. The second kappa shape index (κ2) is 14.2. The first kappa shape index (κ1) is 37.0. The van der Waals surface area contributed by atoms with E-state index in [0.717, 1.165) is 30.4 Å². The van der Waals surface area contributed by atoms with Gasteiger partial charge in [-0.1, -0.05) is 30.7 Å². The molecule has 0 aromatic heterocycles. The van der Waals surface area contributed by atoms with Gasteiger partial charge in [0, 0.05) is 61.1 Å². The normalized spacial score (nSPS) is 31.7. The number of aryl methyl sites for hydroxylation is 1. The number of fused-ring (bicyclic) bond motifs is 4. The van der Waals surface area contributed by atoms with Gasteiger partial charge in [0.1, 0.15) is 17.6 Å². The molecule has 2 saturated heterocycles. The summed E-state index contributed by atoms with van der Waals surface area (Å²) in [6.07, 6.45) is 4.22. The molecule has 2 bridgehead atoms. The van der Waals surface area contributed by atoms with E-state index in [9.17, 15) is 26.8 Å². The van der Waals surface area contributed by atoms with Crippen LogP contribution in [-0.2, 0) is 26.7 Å². The number of ether oxygens (including phenoxy) is 1. The number of nitrogens with zero attached hydrogens (tertiary/aromatic N) is 3. The van der Waals surface area contributed by atoms with Gasteiger partial charge in [-0.05, 0) is 99.4 Å². The maximum Gasteiger partial charge on any atom is 0.264 e. The van der Waals surface area contributed by atoms with Crippen molar-refractivity contribution in [1.82, 2.24) is 14.5 Å². The second-order valence-electron chi connectivity index (χ2n) is 15.4. The van der Waals surface area contributed by atoms with E-state index in [0.29, 0.717) is 55.5 Å². The highest BCUT2D eigenvalue weighted by Gasteiger charge is 2.46. The van der Waals surface area contributed by atoms with Crippen LogP contribution in [-0.4, -0.2) is 92.6 Å². The first-order valence-corrected chi connectivity index (χ1v) is 20.2. The topological polar surface area (TPSA) is 99.3 Å². The SMILES string of the molecule is C[C@@H]1[C@@H](C)C/C=C(\F)[C@H](C(=O)N2CCC(F)(F)CC2)N2CCC[C@H]2CN2C[C@@]3(CCCc4cc(Cl)ccc43)COc3ccc(cc32)C(=O)NS1(=O)=O. The molecule has 14 heteroatoms. The van der Waals surface area contributed by atoms with Gasteiger partial charge in [0.05, 0.1) is 17.5 Å². The van der Waals surface area contributed by atoms with E-state index in [-0.39, 0.29) is 31.1 Å². The first-order valence-electron chi connectivity index (χ1n) is 18.3. The van der Waals surface area contributed by atoms with Gasteiger partial charge < -0.3 is 14.5 Å². The van der Waals surface area contributed by atoms with Crippen molar-refractivity contribution in [1.29, 1.82) is 0 Å². The van der Waals surface area contributed by atoms with Gasteiger partial charge >= 0.3 is 0 Å². The lowest BCUT2D eigenvalue weighted by Gasteiger charge is -2.43. The van der Waals surface area contributed by atoms with Gasteiger partial charge in [-0.15, -0.1) is 0 Å². The zero-order chi connectivity index (χ0) is 37.0. The maximum absolute atomic E-state index is 16.7. The van der Waals surface area contributed by atoms with Crippen LogP contribution in [0.4, 0.5) is 18.9 Å². The molecule has 0 saturated carbocycles. The van der Waals surface area contributed by atoms with Crippen molar-refractivity contribution in [2.75, 3.05) is 44.2 Å². The average molecular weight is 763 g/mol. The van der Waals surface area contributed by atoms with Gasteiger partial charge in [-0.3, -0.25) is 14.5 Å². The number of allylic oxidation sites excluding steroid dienone is 1. The van der Waals surface area contributed by atoms with Gasteiger partial charge in [0.25, 0.3) is 11.8 Å². The largest absolute Gasteiger partial charge is 0.490 e. The number of hydrogen-bond donors (Lipinski definition) is 1. The van der Waals surface area contributed by atoms with Gasteiger partial charge in [-0.25, -0.2) is 26.3 Å². The summed E-state index contributed by atoms with van der Waals surface area (Å²) in [6.45, 7) is 4.36. The Balaban J connectivity index is 1.33. The molecule has 2 aromatic rings. The summed E-state index contributed by atoms with van der Waals surface area (Å²) in [6, 6.07) is 9.18. The summed E-state index contributed by atoms with van der Waals surface area (Å²) in [5.74, 6) is -5.03. The van der Waals surface area contributed by atoms with E-state index in [2.05, 4.69) is 15.7 Å². The van der Waals surface area contributed by atoms with Crippen LogP contribution in [0.2, 0.25) is 5.02 Å². The Bertz CT molecular complexity index is 1870. The first-order chi connectivity index (χ1) is 24.7. The zero-order valence-corrected chi connectivity index (χ0v) is 31.1. The summed E-state index contributed by atoms with van der Waals surface area (Å²) in [5.41, 5.74) is 2.56. The molecule has 7 rings (SSSR count). The van der Waals surface area contributed by atoms with Crippen molar-refractivity contribution in [3.8, 4) is 5.75 Å². The number of alkyl halides is 2. The number of carbonyl (C=O) groups excluding carboxylic acids is 2. The van der Waals surface area contributed by atoms with Crippen LogP contribution in [0.3, 0.4) is 0 Å². The molecule has 1 aliphatic carbocycles. The fourth-order valence-corrected chi connectivity index (χ4v) is 10.2. The number of anilines is 1. The molecule has 4 heterocycles. The predicted octanol–water partition coefficient (Wildman–Crippen LogP) is 6.25. The lowest BCUT2D eigenvalue weighted by atomic mass is 9.70. The average Bonchev–Trinajstić information content (AvgIpc) is 3.49. The molecular weight excluding hydrogens is 717 g/mol. The molecule has 52 heavy (non-hydrogen) atoms. The van der Waals surface area contributed by atoms with E-state index in [1.165, 1.54) is 17.9 Å². The Morgan fingerprint density at radius 1 is 1.04 bits per heavy atom. The van der Waals surface area contributed by atoms with E-state index in [1.54, 1.807) is 25.1 Å². The van der Waals surface area contributed by atoms with Crippen LogP contribution in [0.5, 0.6) is 5.75 Å². The number of likely N-dealkylation sites (tertiary alicyclic amines) is 1. The number of hydrogen-bond acceptors (Lipinski definition) is 7. The molecule has 5 aliphatic rings. The number of benzene rings is 2. The summed E-state index contributed by atoms with van der Waals surface area (Å²) in [4.78, 5) is 33.1. The van der Waals surface area contributed by atoms with Crippen LogP contribution < -0.4 is 14.4 Å². The summed E-state index contributed by atoms with van der Waals surface area (Å²) >= 11 is 6.42. The maximum atomic E-state index is 16.7. The standard InChI is InChI=1S/C38H46ClF3N4O5S/c1-24-7-11-31(40)34(36(48)44-17-14-38(41,42)15-18-44)46-16-4-6-29(46)21-45-22-37(13-3-5-26-19-28(39)9-10-30(26)37)23-51-33-12-8-27(20-32(33)45)35(47)43-52(49,50)25(24)2/h8-12,19-20,24-25,29,34H,3-7,13-18,21-23H2,1-2H3,(H,43,47)/b31-11-/t24-,25+,29-,34+,37-/m0/s1. The zero-order valence-electron chi connectivity index (χ0n) is 29.6. The molecule has 1 N–H and O–H groups in total. The lowest BCUT2D eigenvalue weighted by molar-refractivity contribution is -0.142. The molecule has 4 aliphatic heterocycles. The quantitative estimate of drug-likeness (QED) is 0.367. The molecule has 282 valence electrons. The Hall–Kier alpha value is -3.29. The van der Waals surface area contributed by atoms with Crippen molar-refractivity contribution in [3.63, 3.8) is 0 Å². The Labute approximate surface area is 308 Å². The Morgan fingerprint density at radius 2 is 1.81 bits per heavy atom. The third-order valence-electron chi connectivity index (χ3n) is 12.0. The molecule has 1 spiro atoms. The summed E-state index contributed by atoms with van der Waals surface area (Å²) in [5, 5.41) is -0.426. The van der Waals surface area contributed by atoms with Crippen LogP contribution in [0.1, 0.15) is 80.3 Å². The smallest absolute Gasteiger partial charge is 0.264 e. The minimum Gasteiger partial charge on any atom is -0.490 e. The molecule has 2 amide bonds. The van der Waals surface area contributed by atoms with E-state index in [1.807, 2.05) is 17.0 Å². The molecule has 2 fully saturated rings. The van der Waals surface area contributed by atoms with Crippen LogP contribution in [0.25, 0.3) is 0 Å². The highest BCUT2D eigenvalue weighted by molar-refractivity contribution is 7.90. The van der Waals surface area contributed by atoms with Gasteiger partial charge in [-0.2, -0.15) is 0 Å². The lowest BCUT2D eigenvalue weighted by Crippen LogP contribution is -2.56. The fraction of sp³-hybridized carbons (Fsp3) is 0.579. The Kier molecular flexibility index (Phi) is 10.1. The number of sulfonamides is 1. The monoisotopic (exact) mass is 762 g/mol. The van der Waals surface area contributed by atoms with Crippen molar-refractivity contribution < 1.29 is 35.9 Å². The minimum atomic E-state index is -4.19. The number of piperidine rings is 1. The van der Waals surface area contributed by atoms with E-state index >= 15 is 4.39 Å². The highest BCUT2D eigenvalue weighted by Crippen LogP contribution is 2.45. The highest BCUT2D eigenvalue weighted by atomic mass is 35.5. The molecule has 2 aromatic carbocycles. The summed E-state index contributed by atoms with van der Waals surface area (Å²) < 4.78 is 80.6. The van der Waals surface area contributed by atoms with E-state index < -0.39 is 69.1 Å². The fourth-order valence-electron chi connectivity index (χ4n) is 8.74. The third-order valence-corrected chi connectivity index (χ3v) is 14.1. The third kappa shape index (κ3) is 7.16. The minimum absolute atomic E-state index is 0.0172. The van der Waals surface area contributed by atoms with Crippen molar-refractivity contribution in [2.45, 2.75) is 93.9 Å². The molecule has 9 nitrogen and oxygen atoms in total. The molecular formula is C38H46ClF3N4O5S. The molecule has 0 unspecified atom stereocenters. The molecule has 0 radical (unpaired) electrons. The number of nitrogens with one attached hydrogen (secondary N) is 1. The van der Waals surface area contributed by atoms with Crippen molar-refractivity contribution in [3.05, 3.63) is 70.0 Å². The van der Waals surface area contributed by atoms with Gasteiger partial charge in [0.2, 0.25) is 15.9 Å². The number of carbonyl (C=O) groups is 2. The molecule has 5 atom stereocenters. The van der Waals surface area contributed by atoms with E-state index in [4.69, 9.17) is 16.3 Å². The predicted molar refractivity (Wildman–Crippen MR) is 193 cm³/mol. The van der Waals surface area contributed by atoms with Crippen molar-refractivity contribution >= 4 is 39.1 Å². The van der Waals surface area contributed by atoms with Crippen LogP contribution >= 0.6 is 11.6 Å².